The maximum atomic E-state index is 12.7. The summed E-state index contributed by atoms with van der Waals surface area (Å²) in [5, 5.41) is 0. The third-order valence-electron chi connectivity index (χ3n) is 5.27. The summed E-state index contributed by atoms with van der Waals surface area (Å²) in [5.74, 6) is -0.000844. The first-order chi connectivity index (χ1) is 13.3. The van der Waals surface area contributed by atoms with Crippen molar-refractivity contribution in [2.45, 2.75) is 25.7 Å². The summed E-state index contributed by atoms with van der Waals surface area (Å²) in [6.07, 6.45) is 0. The highest BCUT2D eigenvalue weighted by Crippen LogP contribution is 2.21. The van der Waals surface area contributed by atoms with Gasteiger partial charge in [-0.25, -0.2) is 8.42 Å². The smallest absolute Gasteiger partial charge is 0.262 e. The third kappa shape index (κ3) is 4.54. The highest BCUT2D eigenvalue weighted by atomic mass is 32.2. The molecule has 1 aliphatic rings. The normalized spacial score (nSPS) is 15.5. The van der Waals surface area contributed by atoms with E-state index >= 15 is 0 Å². The molecule has 0 atom stereocenters. The van der Waals surface area contributed by atoms with Crippen LogP contribution in [0.3, 0.4) is 0 Å². The van der Waals surface area contributed by atoms with Crippen LogP contribution in [0.15, 0.2) is 47.4 Å². The van der Waals surface area contributed by atoms with Gasteiger partial charge in [0.1, 0.15) is 0 Å². The van der Waals surface area contributed by atoms with Gasteiger partial charge >= 0.3 is 0 Å². The van der Waals surface area contributed by atoms with Crippen molar-refractivity contribution in [3.63, 3.8) is 0 Å². The molecule has 1 amide bonds. The van der Waals surface area contributed by atoms with E-state index in [9.17, 15) is 13.2 Å². The number of carbonyl (C=O) groups is 1. The monoisotopic (exact) mass is 402 g/mol. The van der Waals surface area contributed by atoms with E-state index in [4.69, 9.17) is 0 Å². The molecule has 0 aliphatic carbocycles. The quantitative estimate of drug-likeness (QED) is 0.796. The van der Waals surface area contributed by atoms with Gasteiger partial charge in [0.2, 0.25) is 0 Å². The summed E-state index contributed by atoms with van der Waals surface area (Å²) in [4.78, 5) is 16.3. The minimum atomic E-state index is -3.68. The Bertz CT molecular complexity index is 947. The van der Waals surface area contributed by atoms with Gasteiger partial charge < -0.3 is 9.80 Å². The van der Waals surface area contributed by atoms with Crippen LogP contribution < -0.4 is 9.62 Å². The predicted molar refractivity (Wildman–Crippen MR) is 110 cm³/mol. The molecule has 1 fully saturated rings. The Labute approximate surface area is 167 Å². The van der Waals surface area contributed by atoms with E-state index < -0.39 is 10.0 Å². The van der Waals surface area contributed by atoms with E-state index in [1.54, 1.807) is 43.3 Å². The van der Waals surface area contributed by atoms with Crippen molar-refractivity contribution >= 4 is 21.6 Å². The lowest BCUT2D eigenvalue weighted by Crippen LogP contribution is -3.14. The van der Waals surface area contributed by atoms with Crippen molar-refractivity contribution in [2.24, 2.45) is 0 Å². The lowest BCUT2D eigenvalue weighted by molar-refractivity contribution is -0.902. The zero-order valence-corrected chi connectivity index (χ0v) is 17.5. The second kappa shape index (κ2) is 8.32. The number of benzene rings is 2. The number of hydrogen-bond donors (Lipinski definition) is 2. The molecule has 0 aromatic heterocycles. The Morgan fingerprint density at radius 2 is 1.71 bits per heavy atom. The van der Waals surface area contributed by atoms with Crippen LogP contribution in [-0.4, -0.2) is 51.9 Å². The first kappa shape index (κ1) is 20.4. The van der Waals surface area contributed by atoms with Crippen molar-refractivity contribution in [1.29, 1.82) is 0 Å². The molecule has 0 radical (unpaired) electrons. The van der Waals surface area contributed by atoms with E-state index in [1.807, 2.05) is 17.9 Å². The van der Waals surface area contributed by atoms with E-state index in [-0.39, 0.29) is 10.8 Å². The molecule has 3 rings (SSSR count). The number of carbonyl (C=O) groups excluding carboxylic acids is 1. The molecule has 6 nitrogen and oxygen atoms in total. The highest BCUT2D eigenvalue weighted by Gasteiger charge is 2.24. The third-order valence-corrected chi connectivity index (χ3v) is 6.80. The Hall–Kier alpha value is -2.38. The van der Waals surface area contributed by atoms with E-state index in [1.165, 1.54) is 4.90 Å². The number of nitrogens with one attached hydrogen (secondary N) is 2. The van der Waals surface area contributed by atoms with Crippen LogP contribution in [0.4, 0.5) is 5.69 Å². The van der Waals surface area contributed by atoms with Gasteiger partial charge in [-0.15, -0.1) is 0 Å². The van der Waals surface area contributed by atoms with Gasteiger partial charge in [-0.05, 0) is 62.2 Å². The Balaban J connectivity index is 1.70. The summed E-state index contributed by atoms with van der Waals surface area (Å²) in [6.45, 7) is 10.3. The average molecular weight is 403 g/mol. The highest BCUT2D eigenvalue weighted by molar-refractivity contribution is 7.92. The molecule has 0 bridgehead atoms. The molecule has 0 spiro atoms. The van der Waals surface area contributed by atoms with Gasteiger partial charge in [0.25, 0.3) is 15.9 Å². The predicted octanol–water partition coefficient (Wildman–Crippen LogP) is 1.46. The van der Waals surface area contributed by atoms with Crippen LogP contribution in [0.5, 0.6) is 0 Å². The number of aryl methyl sites for hydroxylation is 2. The largest absolute Gasteiger partial charge is 0.332 e. The molecule has 2 aromatic rings. The molecule has 1 aliphatic heterocycles. The number of quaternary nitrogens is 1. The first-order valence-electron chi connectivity index (χ1n) is 9.63. The lowest BCUT2D eigenvalue weighted by atomic mass is 10.1. The fourth-order valence-electron chi connectivity index (χ4n) is 3.45. The van der Waals surface area contributed by atoms with E-state index in [0.29, 0.717) is 16.8 Å². The van der Waals surface area contributed by atoms with Crippen molar-refractivity contribution < 1.29 is 18.1 Å². The molecular weight excluding hydrogens is 374 g/mol. The average Bonchev–Trinajstić information content (AvgIpc) is 2.69. The summed E-state index contributed by atoms with van der Waals surface area (Å²) < 4.78 is 28.0. The van der Waals surface area contributed by atoms with Crippen LogP contribution >= 0.6 is 0 Å². The van der Waals surface area contributed by atoms with Gasteiger partial charge in [-0.3, -0.25) is 9.52 Å². The summed E-state index contributed by atoms with van der Waals surface area (Å²) in [7, 11) is -3.68. The SMILES string of the molecule is CC[NH+]1CCN(C(=O)c2ccc(NS(=O)(=O)c3cc(C)ccc3C)cc2)CC1. The van der Waals surface area contributed by atoms with Gasteiger partial charge in [-0.1, -0.05) is 12.1 Å². The minimum Gasteiger partial charge on any atom is -0.332 e. The molecule has 2 N–H and O–H groups in total. The summed E-state index contributed by atoms with van der Waals surface area (Å²) in [5.41, 5.74) is 2.60. The zero-order chi connectivity index (χ0) is 20.3. The molecule has 7 heteroatoms. The Kier molecular flexibility index (Phi) is 6.05. The van der Waals surface area contributed by atoms with Crippen molar-refractivity contribution in [3.8, 4) is 0 Å². The summed E-state index contributed by atoms with van der Waals surface area (Å²) in [6, 6.07) is 12.0. The Morgan fingerprint density at radius 3 is 2.32 bits per heavy atom. The number of piperazine rings is 1. The van der Waals surface area contributed by atoms with Crippen molar-refractivity contribution in [2.75, 3.05) is 37.4 Å². The van der Waals surface area contributed by atoms with Crippen LogP contribution in [0.2, 0.25) is 0 Å². The molecule has 1 heterocycles. The van der Waals surface area contributed by atoms with Gasteiger partial charge in [0, 0.05) is 11.3 Å². The first-order valence-corrected chi connectivity index (χ1v) is 11.1. The fourth-order valence-corrected chi connectivity index (χ4v) is 4.84. The molecule has 150 valence electrons. The fraction of sp³-hybridized carbons (Fsp3) is 0.381. The number of amides is 1. The molecule has 28 heavy (non-hydrogen) atoms. The second-order valence-corrected chi connectivity index (χ2v) is 9.00. The molecule has 1 saturated heterocycles. The number of anilines is 1. The van der Waals surface area contributed by atoms with E-state index in [0.717, 1.165) is 38.3 Å². The standard InChI is InChI=1S/C21H27N3O3S/c1-4-23-11-13-24(14-12-23)21(25)18-7-9-19(10-8-18)22-28(26,27)20-15-16(2)5-6-17(20)3/h5-10,15,22H,4,11-14H2,1-3H3/p+1. The molecular formula is C21H28N3O3S+. The van der Waals surface area contributed by atoms with Crippen molar-refractivity contribution in [3.05, 3.63) is 59.2 Å². The molecule has 0 saturated carbocycles. The maximum absolute atomic E-state index is 12.7. The number of rotatable bonds is 5. The second-order valence-electron chi connectivity index (χ2n) is 7.35. The molecule has 2 aromatic carbocycles. The van der Waals surface area contributed by atoms with E-state index in [2.05, 4.69) is 11.6 Å². The van der Waals surface area contributed by atoms with Gasteiger partial charge in [0.15, 0.2) is 0 Å². The maximum Gasteiger partial charge on any atom is 0.262 e. The van der Waals surface area contributed by atoms with Gasteiger partial charge in [-0.2, -0.15) is 0 Å². The van der Waals surface area contributed by atoms with Crippen LogP contribution in [0.25, 0.3) is 0 Å². The number of sulfonamides is 1. The number of likely N-dealkylation sites (N-methyl/N-ethyl adjacent to an activating group) is 1. The number of hydrogen-bond acceptors (Lipinski definition) is 3. The van der Waals surface area contributed by atoms with Crippen LogP contribution in [-0.2, 0) is 10.0 Å². The van der Waals surface area contributed by atoms with Crippen molar-refractivity contribution in [1.82, 2.24) is 4.90 Å². The van der Waals surface area contributed by atoms with Gasteiger partial charge in [0.05, 0.1) is 37.6 Å². The number of nitrogens with zero attached hydrogens (tertiary/aromatic N) is 1. The topological polar surface area (TPSA) is 70.9 Å². The Morgan fingerprint density at radius 1 is 1.07 bits per heavy atom. The zero-order valence-electron chi connectivity index (χ0n) is 16.7. The van der Waals surface area contributed by atoms with Crippen LogP contribution in [0, 0.1) is 13.8 Å². The summed E-state index contributed by atoms with van der Waals surface area (Å²) >= 11 is 0. The lowest BCUT2D eigenvalue weighted by Gasteiger charge is -2.31. The minimum absolute atomic E-state index is 0.000844. The molecule has 0 unspecified atom stereocenters. The van der Waals surface area contributed by atoms with Crippen LogP contribution in [0.1, 0.15) is 28.4 Å².